The summed E-state index contributed by atoms with van der Waals surface area (Å²) in [6, 6.07) is 14.3. The molecule has 2 aromatic rings. The van der Waals surface area contributed by atoms with E-state index in [2.05, 4.69) is 15.6 Å². The molecule has 0 fully saturated rings. The van der Waals surface area contributed by atoms with Crippen LogP contribution in [0, 0.1) is 5.82 Å². The van der Waals surface area contributed by atoms with Crippen LogP contribution in [0.3, 0.4) is 0 Å². The van der Waals surface area contributed by atoms with Gasteiger partial charge in [-0.1, -0.05) is 36.4 Å². The second-order valence-corrected chi connectivity index (χ2v) is 5.18. The summed E-state index contributed by atoms with van der Waals surface area (Å²) >= 11 is 0. The largest absolute Gasteiger partial charge is 0.505 e. The van der Waals surface area contributed by atoms with Gasteiger partial charge < -0.3 is 20.5 Å². The van der Waals surface area contributed by atoms with Gasteiger partial charge >= 0.3 is 0 Å². The SMILES string of the molecule is CN=C(NCCOCc1ccccc1)NCc1ccc(O)c(F)c1. The van der Waals surface area contributed by atoms with Crippen molar-refractivity contribution in [2.45, 2.75) is 13.2 Å². The fourth-order valence-electron chi connectivity index (χ4n) is 2.07. The number of nitrogens with one attached hydrogen (secondary N) is 2. The summed E-state index contributed by atoms with van der Waals surface area (Å²) in [5.41, 5.74) is 1.85. The predicted molar refractivity (Wildman–Crippen MR) is 92.4 cm³/mol. The molecule has 0 aromatic heterocycles. The molecule has 3 N–H and O–H groups in total. The minimum atomic E-state index is -0.633. The fourth-order valence-corrected chi connectivity index (χ4v) is 2.07. The van der Waals surface area contributed by atoms with E-state index in [1.807, 2.05) is 30.3 Å². The molecule has 0 aliphatic heterocycles. The van der Waals surface area contributed by atoms with E-state index < -0.39 is 5.82 Å². The molecule has 0 spiro atoms. The molecule has 0 saturated carbocycles. The third kappa shape index (κ3) is 5.89. The zero-order chi connectivity index (χ0) is 17.2. The van der Waals surface area contributed by atoms with Gasteiger partial charge in [0.25, 0.3) is 0 Å². The molecular formula is C18H22FN3O2. The quantitative estimate of drug-likeness (QED) is 0.414. The minimum absolute atomic E-state index is 0.350. The molecule has 0 amide bonds. The average Bonchev–Trinajstić information content (AvgIpc) is 2.61. The van der Waals surface area contributed by atoms with E-state index in [-0.39, 0.29) is 5.75 Å². The molecule has 0 aliphatic rings. The summed E-state index contributed by atoms with van der Waals surface area (Å²) in [6.45, 7) is 2.13. The Morgan fingerprint density at radius 1 is 1.12 bits per heavy atom. The van der Waals surface area contributed by atoms with Crippen molar-refractivity contribution < 1.29 is 14.2 Å². The van der Waals surface area contributed by atoms with Crippen LogP contribution in [0.15, 0.2) is 53.5 Å². The summed E-state index contributed by atoms with van der Waals surface area (Å²) in [5, 5.41) is 15.4. The molecule has 0 saturated heterocycles. The number of aliphatic imine (C=N–C) groups is 1. The number of halogens is 1. The number of benzene rings is 2. The van der Waals surface area contributed by atoms with Crippen LogP contribution in [0.25, 0.3) is 0 Å². The normalized spacial score (nSPS) is 11.3. The monoisotopic (exact) mass is 331 g/mol. The summed E-state index contributed by atoms with van der Waals surface area (Å²) in [4.78, 5) is 4.09. The number of guanidine groups is 1. The van der Waals surface area contributed by atoms with E-state index in [0.717, 1.165) is 5.56 Å². The van der Waals surface area contributed by atoms with Gasteiger partial charge in [0.1, 0.15) is 0 Å². The molecule has 2 aromatic carbocycles. The van der Waals surface area contributed by atoms with E-state index in [4.69, 9.17) is 4.74 Å². The van der Waals surface area contributed by atoms with Crippen LogP contribution in [-0.4, -0.2) is 31.3 Å². The van der Waals surface area contributed by atoms with Crippen LogP contribution in [0.2, 0.25) is 0 Å². The van der Waals surface area contributed by atoms with Crippen molar-refractivity contribution in [1.29, 1.82) is 0 Å². The molecule has 0 aliphatic carbocycles. The lowest BCUT2D eigenvalue weighted by Gasteiger charge is -2.12. The molecule has 24 heavy (non-hydrogen) atoms. The number of nitrogens with zero attached hydrogens (tertiary/aromatic N) is 1. The first kappa shape index (κ1) is 17.7. The predicted octanol–water partition coefficient (Wildman–Crippen LogP) is 2.41. The lowest BCUT2D eigenvalue weighted by molar-refractivity contribution is 0.125. The van der Waals surface area contributed by atoms with Gasteiger partial charge in [0.15, 0.2) is 17.5 Å². The van der Waals surface area contributed by atoms with Crippen LogP contribution >= 0.6 is 0 Å². The highest BCUT2D eigenvalue weighted by Crippen LogP contribution is 2.15. The number of rotatable bonds is 7. The van der Waals surface area contributed by atoms with Crippen molar-refractivity contribution >= 4 is 5.96 Å². The van der Waals surface area contributed by atoms with E-state index in [1.54, 1.807) is 13.1 Å². The third-order valence-corrected chi connectivity index (χ3v) is 3.35. The van der Waals surface area contributed by atoms with E-state index in [1.165, 1.54) is 12.1 Å². The molecule has 0 bridgehead atoms. The van der Waals surface area contributed by atoms with E-state index >= 15 is 0 Å². The Kier molecular flexibility index (Phi) is 7.04. The first-order valence-corrected chi connectivity index (χ1v) is 7.72. The Balaban J connectivity index is 1.66. The smallest absolute Gasteiger partial charge is 0.191 e. The highest BCUT2D eigenvalue weighted by Gasteiger charge is 2.03. The molecule has 2 rings (SSSR count). The van der Waals surface area contributed by atoms with Gasteiger partial charge in [0, 0.05) is 20.1 Å². The Hall–Kier alpha value is -2.60. The summed E-state index contributed by atoms with van der Waals surface area (Å²) < 4.78 is 18.9. The van der Waals surface area contributed by atoms with E-state index in [0.29, 0.717) is 37.8 Å². The van der Waals surface area contributed by atoms with Crippen molar-refractivity contribution in [1.82, 2.24) is 10.6 Å². The molecule has 0 heterocycles. The summed E-state index contributed by atoms with van der Waals surface area (Å²) in [5.74, 6) is -0.379. The second kappa shape index (κ2) is 9.52. The van der Waals surface area contributed by atoms with Crippen molar-refractivity contribution in [3.05, 3.63) is 65.5 Å². The van der Waals surface area contributed by atoms with Gasteiger partial charge in [-0.05, 0) is 23.3 Å². The van der Waals surface area contributed by atoms with Crippen LogP contribution < -0.4 is 10.6 Å². The van der Waals surface area contributed by atoms with Gasteiger partial charge in [-0.3, -0.25) is 4.99 Å². The van der Waals surface area contributed by atoms with Crippen molar-refractivity contribution in [2.75, 3.05) is 20.2 Å². The lowest BCUT2D eigenvalue weighted by atomic mass is 10.2. The van der Waals surface area contributed by atoms with E-state index in [9.17, 15) is 9.50 Å². The number of ether oxygens (including phenoxy) is 1. The Labute approximate surface area is 141 Å². The van der Waals surface area contributed by atoms with Crippen molar-refractivity contribution in [3.63, 3.8) is 0 Å². The molecule has 5 nitrogen and oxygen atoms in total. The standard InChI is InChI=1S/C18H22FN3O2/c1-20-18(22-12-15-7-8-17(23)16(19)11-15)21-9-10-24-13-14-5-3-2-4-6-14/h2-8,11,23H,9-10,12-13H2,1H3,(H2,20,21,22). The van der Waals surface area contributed by atoms with Gasteiger partial charge in [0.2, 0.25) is 0 Å². The number of phenolic OH excluding ortho intramolecular Hbond substituents is 1. The lowest BCUT2D eigenvalue weighted by Crippen LogP contribution is -2.38. The molecular weight excluding hydrogens is 309 g/mol. The molecule has 0 radical (unpaired) electrons. The van der Waals surface area contributed by atoms with Crippen molar-refractivity contribution in [2.24, 2.45) is 4.99 Å². The number of hydrogen-bond donors (Lipinski definition) is 3. The van der Waals surface area contributed by atoms with Crippen LogP contribution in [-0.2, 0) is 17.9 Å². The number of aromatic hydroxyl groups is 1. The van der Waals surface area contributed by atoms with Gasteiger partial charge in [-0.2, -0.15) is 0 Å². The zero-order valence-electron chi connectivity index (χ0n) is 13.6. The highest BCUT2D eigenvalue weighted by atomic mass is 19.1. The molecule has 6 heteroatoms. The van der Waals surface area contributed by atoms with Crippen LogP contribution in [0.1, 0.15) is 11.1 Å². The Morgan fingerprint density at radius 3 is 2.62 bits per heavy atom. The first-order chi connectivity index (χ1) is 11.7. The number of phenols is 1. The highest BCUT2D eigenvalue weighted by molar-refractivity contribution is 5.79. The van der Waals surface area contributed by atoms with Gasteiger partial charge in [-0.25, -0.2) is 4.39 Å². The van der Waals surface area contributed by atoms with Crippen LogP contribution in [0.4, 0.5) is 4.39 Å². The maximum atomic E-state index is 13.3. The summed E-state index contributed by atoms with van der Waals surface area (Å²) in [6.07, 6.45) is 0. The maximum absolute atomic E-state index is 13.3. The zero-order valence-corrected chi connectivity index (χ0v) is 13.6. The molecule has 0 unspecified atom stereocenters. The third-order valence-electron chi connectivity index (χ3n) is 3.35. The summed E-state index contributed by atoms with van der Waals surface area (Å²) in [7, 11) is 1.66. The Bertz CT molecular complexity index is 663. The van der Waals surface area contributed by atoms with Gasteiger partial charge in [-0.15, -0.1) is 0 Å². The topological polar surface area (TPSA) is 65.9 Å². The van der Waals surface area contributed by atoms with Gasteiger partial charge in [0.05, 0.1) is 13.2 Å². The average molecular weight is 331 g/mol. The molecule has 0 atom stereocenters. The van der Waals surface area contributed by atoms with Crippen LogP contribution in [0.5, 0.6) is 5.75 Å². The first-order valence-electron chi connectivity index (χ1n) is 7.72. The Morgan fingerprint density at radius 2 is 1.92 bits per heavy atom. The maximum Gasteiger partial charge on any atom is 0.191 e. The fraction of sp³-hybridized carbons (Fsp3) is 0.278. The second-order valence-electron chi connectivity index (χ2n) is 5.18. The molecule has 128 valence electrons. The minimum Gasteiger partial charge on any atom is -0.505 e. The van der Waals surface area contributed by atoms with Crippen molar-refractivity contribution in [3.8, 4) is 5.75 Å². The number of hydrogen-bond acceptors (Lipinski definition) is 3.